The third-order valence-corrected chi connectivity index (χ3v) is 3.29. The van der Waals surface area contributed by atoms with E-state index in [2.05, 4.69) is 23.9 Å². The van der Waals surface area contributed by atoms with E-state index in [1.807, 2.05) is 0 Å². The van der Waals surface area contributed by atoms with Gasteiger partial charge in [0.2, 0.25) is 10.0 Å². The van der Waals surface area contributed by atoms with Crippen LogP contribution in [0.25, 0.3) is 0 Å². The predicted molar refractivity (Wildman–Crippen MR) is 77.4 cm³/mol. The quantitative estimate of drug-likeness (QED) is 0.810. The maximum absolute atomic E-state index is 13.5. The summed E-state index contributed by atoms with van der Waals surface area (Å²) in [5.74, 6) is -0.0704. The highest BCUT2D eigenvalue weighted by Gasteiger charge is 2.09. The second-order valence-corrected chi connectivity index (χ2v) is 6.59. The van der Waals surface area contributed by atoms with Crippen LogP contribution in [0, 0.1) is 11.7 Å². The topological polar surface area (TPSA) is 58.2 Å². The Labute approximate surface area is 114 Å². The molecular weight excluding hydrogens is 267 g/mol. The summed E-state index contributed by atoms with van der Waals surface area (Å²) >= 11 is 0. The van der Waals surface area contributed by atoms with Gasteiger partial charge >= 0.3 is 0 Å². The summed E-state index contributed by atoms with van der Waals surface area (Å²) in [7, 11) is -3.47. The lowest BCUT2D eigenvalue weighted by molar-refractivity contribution is 0.550. The van der Waals surface area contributed by atoms with Crippen molar-refractivity contribution < 1.29 is 12.8 Å². The van der Waals surface area contributed by atoms with Crippen molar-refractivity contribution in [3.05, 3.63) is 24.0 Å². The SMILES string of the molecule is CCCC(C)CNc1ccc(F)c(NS(C)(=O)=O)c1. The van der Waals surface area contributed by atoms with Crippen molar-refractivity contribution in [1.82, 2.24) is 0 Å². The summed E-state index contributed by atoms with van der Waals surface area (Å²) in [6.07, 6.45) is 3.23. The molecule has 0 spiro atoms. The minimum atomic E-state index is -3.47. The summed E-state index contributed by atoms with van der Waals surface area (Å²) in [5.41, 5.74) is 0.672. The average molecular weight is 288 g/mol. The van der Waals surface area contributed by atoms with E-state index in [0.717, 1.165) is 25.6 Å². The Kier molecular flexibility index (Phi) is 5.60. The Balaban J connectivity index is 2.73. The van der Waals surface area contributed by atoms with Gasteiger partial charge < -0.3 is 5.32 Å². The van der Waals surface area contributed by atoms with Crippen LogP contribution in [0.4, 0.5) is 15.8 Å². The van der Waals surface area contributed by atoms with Gasteiger partial charge in [-0.2, -0.15) is 0 Å². The maximum Gasteiger partial charge on any atom is 0.229 e. The normalized spacial score (nSPS) is 13.1. The molecule has 1 atom stereocenters. The summed E-state index contributed by atoms with van der Waals surface area (Å²) in [4.78, 5) is 0. The van der Waals surface area contributed by atoms with Gasteiger partial charge in [0.05, 0.1) is 11.9 Å². The van der Waals surface area contributed by atoms with Gasteiger partial charge in [-0.3, -0.25) is 4.72 Å². The van der Waals surface area contributed by atoms with Crippen LogP contribution in [0.15, 0.2) is 18.2 Å². The molecule has 19 heavy (non-hydrogen) atoms. The van der Waals surface area contributed by atoms with E-state index in [-0.39, 0.29) is 5.69 Å². The predicted octanol–water partition coefficient (Wildman–Crippen LogP) is 3.05. The first-order chi connectivity index (χ1) is 8.81. The molecule has 0 aliphatic carbocycles. The standard InChI is InChI=1S/C13H21FN2O2S/c1-4-5-10(2)9-15-11-6-7-12(14)13(8-11)16-19(3,17)18/h6-8,10,15-16H,4-5,9H2,1-3H3. The zero-order valence-electron chi connectivity index (χ0n) is 11.5. The van der Waals surface area contributed by atoms with Crippen molar-refractivity contribution in [2.45, 2.75) is 26.7 Å². The van der Waals surface area contributed by atoms with E-state index in [4.69, 9.17) is 0 Å². The van der Waals surface area contributed by atoms with Crippen molar-refractivity contribution in [2.75, 3.05) is 22.8 Å². The molecular formula is C13H21FN2O2S. The first-order valence-corrected chi connectivity index (χ1v) is 8.22. The molecule has 0 aromatic heterocycles. The molecule has 0 saturated heterocycles. The molecule has 0 fully saturated rings. The van der Waals surface area contributed by atoms with Gasteiger partial charge in [0.1, 0.15) is 5.82 Å². The van der Waals surface area contributed by atoms with Crippen molar-refractivity contribution >= 4 is 21.4 Å². The van der Waals surface area contributed by atoms with Crippen LogP contribution in [0.5, 0.6) is 0 Å². The Morgan fingerprint density at radius 3 is 2.63 bits per heavy atom. The molecule has 2 N–H and O–H groups in total. The number of sulfonamides is 1. The van der Waals surface area contributed by atoms with Gasteiger partial charge in [0.15, 0.2) is 0 Å². The first-order valence-electron chi connectivity index (χ1n) is 6.33. The zero-order valence-corrected chi connectivity index (χ0v) is 12.3. The fourth-order valence-corrected chi connectivity index (χ4v) is 2.36. The minimum absolute atomic E-state index is 0.0318. The molecule has 0 aliphatic rings. The maximum atomic E-state index is 13.5. The lowest BCUT2D eigenvalue weighted by atomic mass is 10.1. The lowest BCUT2D eigenvalue weighted by Crippen LogP contribution is -2.13. The van der Waals surface area contributed by atoms with Crippen LogP contribution in [0.2, 0.25) is 0 Å². The van der Waals surface area contributed by atoms with Crippen molar-refractivity contribution in [3.8, 4) is 0 Å². The van der Waals surface area contributed by atoms with Gasteiger partial charge in [-0.1, -0.05) is 20.3 Å². The summed E-state index contributed by atoms with van der Waals surface area (Å²) in [5, 5.41) is 3.18. The van der Waals surface area contributed by atoms with E-state index in [9.17, 15) is 12.8 Å². The molecule has 0 amide bonds. The Morgan fingerprint density at radius 1 is 1.37 bits per heavy atom. The number of hydrogen-bond acceptors (Lipinski definition) is 3. The molecule has 1 aromatic carbocycles. The summed E-state index contributed by atoms with van der Waals surface area (Å²) in [6.45, 7) is 5.04. The van der Waals surface area contributed by atoms with Crippen LogP contribution in [0.1, 0.15) is 26.7 Å². The van der Waals surface area contributed by atoms with Crippen molar-refractivity contribution in [1.29, 1.82) is 0 Å². The van der Waals surface area contributed by atoms with Gasteiger partial charge in [-0.05, 0) is 30.5 Å². The number of rotatable bonds is 7. The third-order valence-electron chi connectivity index (χ3n) is 2.70. The van der Waals surface area contributed by atoms with E-state index >= 15 is 0 Å². The van der Waals surface area contributed by atoms with Gasteiger partial charge in [0, 0.05) is 12.2 Å². The van der Waals surface area contributed by atoms with Crippen molar-refractivity contribution in [3.63, 3.8) is 0 Å². The van der Waals surface area contributed by atoms with Crippen LogP contribution in [0.3, 0.4) is 0 Å². The molecule has 4 nitrogen and oxygen atoms in total. The lowest BCUT2D eigenvalue weighted by Gasteiger charge is -2.14. The number of anilines is 2. The molecule has 108 valence electrons. The molecule has 0 bridgehead atoms. The Morgan fingerprint density at radius 2 is 2.05 bits per heavy atom. The van der Waals surface area contributed by atoms with E-state index in [1.54, 1.807) is 6.07 Å². The van der Waals surface area contributed by atoms with Crippen LogP contribution in [-0.2, 0) is 10.0 Å². The second-order valence-electron chi connectivity index (χ2n) is 4.84. The van der Waals surface area contributed by atoms with Crippen LogP contribution >= 0.6 is 0 Å². The average Bonchev–Trinajstić information content (AvgIpc) is 2.29. The number of benzene rings is 1. The number of halogens is 1. The summed E-state index contributed by atoms with van der Waals surface area (Å²) < 4.78 is 37.9. The second kappa shape index (κ2) is 6.75. The van der Waals surface area contributed by atoms with Crippen LogP contribution in [-0.4, -0.2) is 21.2 Å². The molecule has 1 rings (SSSR count). The molecule has 6 heteroatoms. The van der Waals surface area contributed by atoms with Gasteiger partial charge in [-0.25, -0.2) is 12.8 Å². The highest BCUT2D eigenvalue weighted by molar-refractivity contribution is 7.92. The number of nitrogens with one attached hydrogen (secondary N) is 2. The fourth-order valence-electron chi connectivity index (χ4n) is 1.80. The largest absolute Gasteiger partial charge is 0.385 e. The molecule has 0 radical (unpaired) electrons. The monoisotopic (exact) mass is 288 g/mol. The van der Waals surface area contributed by atoms with E-state index in [1.165, 1.54) is 12.1 Å². The van der Waals surface area contributed by atoms with Crippen molar-refractivity contribution in [2.24, 2.45) is 5.92 Å². The molecule has 1 aromatic rings. The smallest absolute Gasteiger partial charge is 0.229 e. The zero-order chi connectivity index (χ0) is 14.5. The first kappa shape index (κ1) is 15.8. The summed E-state index contributed by atoms with van der Waals surface area (Å²) in [6, 6.07) is 4.32. The number of hydrogen-bond donors (Lipinski definition) is 2. The van der Waals surface area contributed by atoms with Crippen LogP contribution < -0.4 is 10.0 Å². The molecule has 0 saturated carbocycles. The van der Waals surface area contributed by atoms with Gasteiger partial charge in [-0.15, -0.1) is 0 Å². The Bertz CT molecular complexity index is 517. The minimum Gasteiger partial charge on any atom is -0.385 e. The molecule has 1 unspecified atom stereocenters. The van der Waals surface area contributed by atoms with E-state index in [0.29, 0.717) is 11.6 Å². The fraction of sp³-hybridized carbons (Fsp3) is 0.538. The van der Waals surface area contributed by atoms with E-state index < -0.39 is 15.8 Å². The highest BCUT2D eigenvalue weighted by atomic mass is 32.2. The third kappa shape index (κ3) is 5.92. The van der Waals surface area contributed by atoms with Gasteiger partial charge in [0.25, 0.3) is 0 Å². The highest BCUT2D eigenvalue weighted by Crippen LogP contribution is 2.21. The molecule has 0 heterocycles. The molecule has 0 aliphatic heterocycles. The Hall–Kier alpha value is -1.30.